The number of anilines is 1. The van der Waals surface area contributed by atoms with Crippen molar-refractivity contribution in [2.24, 2.45) is 0 Å². The van der Waals surface area contributed by atoms with Crippen LogP contribution in [0.3, 0.4) is 0 Å². The molecule has 0 saturated heterocycles. The van der Waals surface area contributed by atoms with Gasteiger partial charge in [0.2, 0.25) is 0 Å². The standard InChI is InChI=1S/C16H17ClN2O2S/c17-11-6-7-15(22)14(8-11)16(21)19-10-13(20)9-18-12-4-2-1-3-5-12/h1-6,8,13,18,20H,7,9-10H2,(H,19,21). The van der Waals surface area contributed by atoms with Crippen LogP contribution >= 0.6 is 23.8 Å². The van der Waals surface area contributed by atoms with Crippen LogP contribution in [0.1, 0.15) is 6.42 Å². The van der Waals surface area contributed by atoms with Gasteiger partial charge >= 0.3 is 0 Å². The number of nitrogens with one attached hydrogen (secondary N) is 2. The van der Waals surface area contributed by atoms with E-state index in [1.165, 1.54) is 0 Å². The van der Waals surface area contributed by atoms with Gasteiger partial charge in [0.25, 0.3) is 5.91 Å². The van der Waals surface area contributed by atoms with Gasteiger partial charge in [0.15, 0.2) is 0 Å². The summed E-state index contributed by atoms with van der Waals surface area (Å²) in [7, 11) is 0. The van der Waals surface area contributed by atoms with Crippen LogP contribution in [0.25, 0.3) is 0 Å². The van der Waals surface area contributed by atoms with E-state index in [1.54, 1.807) is 12.2 Å². The zero-order valence-corrected chi connectivity index (χ0v) is 13.5. The number of rotatable bonds is 6. The number of hydrogen-bond donors (Lipinski definition) is 3. The topological polar surface area (TPSA) is 61.4 Å². The number of hydrogen-bond acceptors (Lipinski definition) is 4. The molecule has 0 fully saturated rings. The Morgan fingerprint density at radius 1 is 1.32 bits per heavy atom. The molecule has 6 heteroatoms. The van der Waals surface area contributed by atoms with Crippen molar-refractivity contribution in [1.29, 1.82) is 0 Å². The van der Waals surface area contributed by atoms with Crippen molar-refractivity contribution in [2.45, 2.75) is 12.5 Å². The highest BCUT2D eigenvalue weighted by Gasteiger charge is 2.18. The van der Waals surface area contributed by atoms with E-state index in [0.29, 0.717) is 28.4 Å². The molecule has 0 radical (unpaired) electrons. The van der Waals surface area contributed by atoms with Crippen LogP contribution < -0.4 is 10.6 Å². The van der Waals surface area contributed by atoms with Gasteiger partial charge in [-0.1, -0.05) is 48.1 Å². The molecule has 1 aliphatic rings. The maximum absolute atomic E-state index is 12.0. The quantitative estimate of drug-likeness (QED) is 0.698. The van der Waals surface area contributed by atoms with Crippen molar-refractivity contribution in [2.75, 3.05) is 18.4 Å². The van der Waals surface area contributed by atoms with Crippen molar-refractivity contribution < 1.29 is 9.90 Å². The number of aliphatic hydroxyl groups excluding tert-OH is 1. The number of amides is 1. The molecule has 1 aromatic carbocycles. The third-order valence-electron chi connectivity index (χ3n) is 3.12. The van der Waals surface area contributed by atoms with Crippen LogP contribution in [0.5, 0.6) is 0 Å². The Labute approximate surface area is 139 Å². The van der Waals surface area contributed by atoms with Gasteiger partial charge in [0.05, 0.1) is 11.7 Å². The first kappa shape index (κ1) is 16.7. The molecule has 3 N–H and O–H groups in total. The summed E-state index contributed by atoms with van der Waals surface area (Å²) in [6.45, 7) is 0.481. The van der Waals surface area contributed by atoms with Crippen molar-refractivity contribution in [3.63, 3.8) is 0 Å². The summed E-state index contributed by atoms with van der Waals surface area (Å²) in [4.78, 5) is 12.6. The maximum atomic E-state index is 12.0. The molecule has 0 heterocycles. The largest absolute Gasteiger partial charge is 0.389 e. The van der Waals surface area contributed by atoms with Gasteiger partial charge in [-0.25, -0.2) is 0 Å². The van der Waals surface area contributed by atoms with E-state index in [2.05, 4.69) is 10.6 Å². The summed E-state index contributed by atoms with van der Waals surface area (Å²) in [5, 5.41) is 16.2. The number of thiocarbonyl (C=S) groups is 1. The van der Waals surface area contributed by atoms with Crippen LogP contribution in [0.15, 0.2) is 53.1 Å². The Morgan fingerprint density at radius 2 is 2.05 bits per heavy atom. The number of benzene rings is 1. The van der Waals surface area contributed by atoms with E-state index in [1.807, 2.05) is 30.3 Å². The average Bonchev–Trinajstić information content (AvgIpc) is 2.54. The molecule has 1 atom stereocenters. The molecule has 0 spiro atoms. The number of aliphatic hydroxyl groups is 1. The van der Waals surface area contributed by atoms with Gasteiger partial charge in [-0.05, 0) is 18.2 Å². The van der Waals surface area contributed by atoms with E-state index in [-0.39, 0.29) is 12.5 Å². The predicted molar refractivity (Wildman–Crippen MR) is 93.2 cm³/mol. The number of para-hydroxylation sites is 1. The molecule has 1 aromatic rings. The number of carbonyl (C=O) groups excluding carboxylic acids is 1. The molecular formula is C16H17ClN2O2S. The monoisotopic (exact) mass is 336 g/mol. The molecule has 4 nitrogen and oxygen atoms in total. The average molecular weight is 337 g/mol. The molecule has 1 amide bonds. The van der Waals surface area contributed by atoms with E-state index in [4.69, 9.17) is 23.8 Å². The first-order valence-electron chi connectivity index (χ1n) is 6.92. The predicted octanol–water partition coefficient (Wildman–Crippen LogP) is 2.40. The van der Waals surface area contributed by atoms with Crippen LogP contribution in [-0.2, 0) is 4.79 Å². The lowest BCUT2D eigenvalue weighted by Crippen LogP contribution is -2.37. The van der Waals surface area contributed by atoms with Gasteiger partial charge in [0.1, 0.15) is 0 Å². The second-order valence-corrected chi connectivity index (χ2v) is 5.81. The molecule has 1 unspecified atom stereocenters. The number of carbonyl (C=O) groups is 1. The maximum Gasteiger partial charge on any atom is 0.252 e. The summed E-state index contributed by atoms with van der Waals surface area (Å²) in [5.74, 6) is -0.310. The highest BCUT2D eigenvalue weighted by molar-refractivity contribution is 7.81. The lowest BCUT2D eigenvalue weighted by atomic mass is 10.0. The normalized spacial score (nSPS) is 15.6. The number of allylic oxidation sites excluding steroid dienone is 3. The van der Waals surface area contributed by atoms with Crippen LogP contribution in [0.4, 0.5) is 5.69 Å². The SMILES string of the molecule is O=C(NCC(O)CNc1ccccc1)C1=CC(Cl)=CCC1=S. The van der Waals surface area contributed by atoms with Crippen LogP contribution in [0.2, 0.25) is 0 Å². The Bertz CT molecular complexity index is 614. The third-order valence-corrected chi connectivity index (χ3v) is 3.77. The Morgan fingerprint density at radius 3 is 2.77 bits per heavy atom. The fourth-order valence-electron chi connectivity index (χ4n) is 1.94. The van der Waals surface area contributed by atoms with Gasteiger partial charge in [-0.15, -0.1) is 0 Å². The minimum absolute atomic E-state index is 0.139. The molecule has 0 bridgehead atoms. The number of halogens is 1. The van der Waals surface area contributed by atoms with Crippen molar-refractivity contribution in [1.82, 2.24) is 5.32 Å². The second-order valence-electron chi connectivity index (χ2n) is 4.89. The van der Waals surface area contributed by atoms with Gasteiger partial charge in [0, 0.05) is 35.1 Å². The first-order valence-corrected chi connectivity index (χ1v) is 7.70. The lowest BCUT2D eigenvalue weighted by molar-refractivity contribution is -0.117. The molecule has 1 aliphatic carbocycles. The molecule has 116 valence electrons. The van der Waals surface area contributed by atoms with Crippen molar-refractivity contribution in [3.05, 3.63) is 53.1 Å². The molecule has 0 aromatic heterocycles. The van der Waals surface area contributed by atoms with Crippen LogP contribution in [0, 0.1) is 0 Å². The lowest BCUT2D eigenvalue weighted by Gasteiger charge is -2.16. The molecule has 2 rings (SSSR count). The van der Waals surface area contributed by atoms with Gasteiger partial charge in [-0.3, -0.25) is 4.79 Å². The Balaban J connectivity index is 1.78. The summed E-state index contributed by atoms with van der Waals surface area (Å²) in [5.41, 5.74) is 1.31. The first-order chi connectivity index (χ1) is 10.6. The minimum atomic E-state index is -0.701. The Hall–Kier alpha value is -1.69. The second kappa shape index (κ2) is 8.08. The molecule has 22 heavy (non-hydrogen) atoms. The minimum Gasteiger partial charge on any atom is -0.389 e. The summed E-state index contributed by atoms with van der Waals surface area (Å²) in [6.07, 6.45) is 3.11. The van der Waals surface area contributed by atoms with E-state index < -0.39 is 6.10 Å². The smallest absolute Gasteiger partial charge is 0.252 e. The highest BCUT2D eigenvalue weighted by atomic mass is 35.5. The van der Waals surface area contributed by atoms with Crippen molar-refractivity contribution >= 4 is 40.3 Å². The molecular weight excluding hydrogens is 320 g/mol. The summed E-state index contributed by atoms with van der Waals surface area (Å²) < 4.78 is 0. The van der Waals surface area contributed by atoms with E-state index >= 15 is 0 Å². The van der Waals surface area contributed by atoms with E-state index in [9.17, 15) is 9.90 Å². The van der Waals surface area contributed by atoms with Crippen molar-refractivity contribution in [3.8, 4) is 0 Å². The Kier molecular flexibility index (Phi) is 6.12. The summed E-state index contributed by atoms with van der Waals surface area (Å²) in [6, 6.07) is 9.55. The van der Waals surface area contributed by atoms with E-state index in [0.717, 1.165) is 5.69 Å². The zero-order chi connectivity index (χ0) is 15.9. The fourth-order valence-corrected chi connectivity index (χ4v) is 2.36. The highest BCUT2D eigenvalue weighted by Crippen LogP contribution is 2.18. The summed E-state index contributed by atoms with van der Waals surface area (Å²) >= 11 is 11.0. The van der Waals surface area contributed by atoms with Crippen LogP contribution in [-0.4, -0.2) is 35.1 Å². The fraction of sp³-hybridized carbons (Fsp3) is 0.250. The molecule has 0 aliphatic heterocycles. The molecule has 0 saturated carbocycles. The van der Waals surface area contributed by atoms with Gasteiger partial charge in [-0.2, -0.15) is 0 Å². The van der Waals surface area contributed by atoms with Gasteiger partial charge < -0.3 is 15.7 Å². The zero-order valence-electron chi connectivity index (χ0n) is 11.9. The third kappa shape index (κ3) is 4.94.